The lowest BCUT2D eigenvalue weighted by Crippen LogP contribution is -2.23. The molecule has 0 atom stereocenters. The summed E-state index contributed by atoms with van der Waals surface area (Å²) in [4.78, 5) is 38.3. The fraction of sp³-hybridized carbons (Fsp3) is 0.100. The Balaban J connectivity index is 1.64. The number of nitrogens with one attached hydrogen (secondary N) is 2. The highest BCUT2D eigenvalue weighted by Crippen LogP contribution is 2.26. The Kier molecular flexibility index (Phi) is 5.76. The highest BCUT2D eigenvalue weighted by Gasteiger charge is 2.16. The fourth-order valence-corrected chi connectivity index (χ4v) is 3.92. The van der Waals surface area contributed by atoms with Crippen LogP contribution in [-0.2, 0) is 12.2 Å². The summed E-state index contributed by atoms with van der Waals surface area (Å²) in [6.07, 6.45) is 0.207. The predicted octanol–water partition coefficient (Wildman–Crippen LogP) is 2.44. The van der Waals surface area contributed by atoms with E-state index in [0.29, 0.717) is 22.4 Å². The molecule has 0 saturated carbocycles. The molecule has 0 aliphatic rings. The number of hydrogen-bond acceptors (Lipinski definition) is 7. The van der Waals surface area contributed by atoms with Gasteiger partial charge in [0.15, 0.2) is 5.16 Å². The molecule has 0 aliphatic heterocycles. The third kappa shape index (κ3) is 4.78. The molecule has 0 amide bonds. The highest BCUT2D eigenvalue weighted by atomic mass is 32.2. The van der Waals surface area contributed by atoms with E-state index in [4.69, 9.17) is 0 Å². The highest BCUT2D eigenvalue weighted by molar-refractivity contribution is 7.98. The van der Waals surface area contributed by atoms with Gasteiger partial charge in [0.2, 0.25) is 0 Å². The Morgan fingerprint density at radius 2 is 1.74 bits per heavy atom. The zero-order valence-electron chi connectivity index (χ0n) is 16.0. The van der Waals surface area contributed by atoms with Gasteiger partial charge in [0.05, 0.1) is 4.92 Å². The summed E-state index contributed by atoms with van der Waals surface area (Å²) in [5.41, 5.74) is 1.12. The maximum absolute atomic E-state index is 11.6. The van der Waals surface area contributed by atoms with Crippen molar-refractivity contribution in [3.05, 3.63) is 109 Å². The summed E-state index contributed by atoms with van der Waals surface area (Å²) in [6.45, 7) is 0. The smallest absolute Gasteiger partial charge is 0.311 e. The number of aromatic nitrogens is 5. The van der Waals surface area contributed by atoms with E-state index in [0.717, 1.165) is 11.3 Å². The number of hydrogen-bond donors (Lipinski definition) is 2. The maximum Gasteiger partial charge on any atom is 0.325 e. The first kappa shape index (κ1) is 20.3. The number of nitro groups is 1. The summed E-state index contributed by atoms with van der Waals surface area (Å²) in [5.74, 6) is 1.09. The van der Waals surface area contributed by atoms with Crippen LogP contribution in [-0.4, -0.2) is 29.7 Å². The van der Waals surface area contributed by atoms with Crippen molar-refractivity contribution in [2.75, 3.05) is 0 Å². The molecule has 11 heteroatoms. The summed E-state index contributed by atoms with van der Waals surface area (Å²) in [6, 6.07) is 17.1. The molecule has 4 aromatic rings. The Hall–Kier alpha value is -3.99. The third-order valence-electron chi connectivity index (χ3n) is 4.39. The van der Waals surface area contributed by atoms with Crippen molar-refractivity contribution in [3.8, 4) is 5.69 Å². The van der Waals surface area contributed by atoms with Crippen LogP contribution in [0.2, 0.25) is 0 Å². The van der Waals surface area contributed by atoms with Crippen LogP contribution in [0.25, 0.3) is 5.69 Å². The Morgan fingerprint density at radius 3 is 2.42 bits per heavy atom. The number of benzene rings is 2. The van der Waals surface area contributed by atoms with Gasteiger partial charge in [0.1, 0.15) is 5.82 Å². The molecule has 0 radical (unpaired) electrons. The van der Waals surface area contributed by atoms with Gasteiger partial charge < -0.3 is 4.98 Å². The second kappa shape index (κ2) is 8.79. The average molecular weight is 436 g/mol. The van der Waals surface area contributed by atoms with Gasteiger partial charge in [0.25, 0.3) is 11.2 Å². The van der Waals surface area contributed by atoms with E-state index in [2.05, 4.69) is 20.2 Å². The molecule has 0 aliphatic carbocycles. The molecule has 156 valence electrons. The standard InChI is InChI=1S/C20H16N6O4S/c27-18-11-14(21-19(28)22-18)10-17-23-24-20(25(17)15-4-2-1-3-5-15)31-12-13-6-8-16(9-7-13)26(29)30/h1-9,11H,10,12H2,(H2,21,22,27,28). The summed E-state index contributed by atoms with van der Waals surface area (Å²) in [7, 11) is 0. The second-order valence-corrected chi connectivity index (χ2v) is 7.51. The number of nitro benzene ring substituents is 1. The molecule has 0 fully saturated rings. The number of aromatic amines is 2. The third-order valence-corrected chi connectivity index (χ3v) is 5.39. The second-order valence-electron chi connectivity index (χ2n) is 6.57. The van der Waals surface area contributed by atoms with Crippen LogP contribution in [0.1, 0.15) is 17.1 Å². The molecule has 2 heterocycles. The van der Waals surface area contributed by atoms with Gasteiger partial charge in [-0.15, -0.1) is 10.2 Å². The van der Waals surface area contributed by atoms with Crippen molar-refractivity contribution in [2.24, 2.45) is 0 Å². The lowest BCUT2D eigenvalue weighted by Gasteiger charge is -2.10. The number of H-pyrrole nitrogens is 2. The number of nitrogens with zero attached hydrogens (tertiary/aromatic N) is 4. The normalized spacial score (nSPS) is 10.8. The Morgan fingerprint density at radius 1 is 1.00 bits per heavy atom. The summed E-state index contributed by atoms with van der Waals surface area (Å²) in [5, 5.41) is 20.0. The van der Waals surface area contributed by atoms with E-state index in [9.17, 15) is 19.7 Å². The molecular formula is C20H16N6O4S. The van der Waals surface area contributed by atoms with E-state index < -0.39 is 16.2 Å². The number of rotatable bonds is 7. The largest absolute Gasteiger partial charge is 0.325 e. The lowest BCUT2D eigenvalue weighted by atomic mass is 10.2. The summed E-state index contributed by atoms with van der Waals surface area (Å²) < 4.78 is 1.86. The van der Waals surface area contributed by atoms with Gasteiger partial charge in [-0.05, 0) is 17.7 Å². The van der Waals surface area contributed by atoms with Crippen molar-refractivity contribution in [2.45, 2.75) is 17.3 Å². The minimum atomic E-state index is -0.582. The molecule has 0 bridgehead atoms. The van der Waals surface area contributed by atoms with E-state index >= 15 is 0 Å². The van der Waals surface area contributed by atoms with Gasteiger partial charge in [-0.1, -0.05) is 42.1 Å². The zero-order chi connectivity index (χ0) is 21.8. The van der Waals surface area contributed by atoms with Crippen LogP contribution < -0.4 is 11.2 Å². The number of non-ortho nitro benzene ring substituents is 1. The van der Waals surface area contributed by atoms with Crippen LogP contribution >= 0.6 is 11.8 Å². The molecule has 2 N–H and O–H groups in total. The number of thioether (sulfide) groups is 1. The molecular weight excluding hydrogens is 420 g/mol. The summed E-state index contributed by atoms with van der Waals surface area (Å²) >= 11 is 1.43. The SMILES string of the molecule is O=c1cc(Cc2nnc(SCc3ccc([N+](=O)[O-])cc3)n2-c2ccccc2)[nH]c(=O)[nH]1. The Bertz CT molecular complexity index is 1300. The lowest BCUT2D eigenvalue weighted by molar-refractivity contribution is -0.384. The zero-order valence-corrected chi connectivity index (χ0v) is 16.8. The van der Waals surface area contributed by atoms with Crippen molar-refractivity contribution >= 4 is 17.4 Å². The van der Waals surface area contributed by atoms with Crippen LogP contribution in [0.5, 0.6) is 0 Å². The number of para-hydroxylation sites is 1. The van der Waals surface area contributed by atoms with E-state index in [1.165, 1.54) is 30.0 Å². The molecule has 31 heavy (non-hydrogen) atoms. The van der Waals surface area contributed by atoms with Crippen LogP contribution in [0.3, 0.4) is 0 Å². The van der Waals surface area contributed by atoms with Crippen molar-refractivity contribution < 1.29 is 4.92 Å². The van der Waals surface area contributed by atoms with E-state index in [1.54, 1.807) is 12.1 Å². The predicted molar refractivity (Wildman–Crippen MR) is 115 cm³/mol. The topological polar surface area (TPSA) is 140 Å². The average Bonchev–Trinajstić information content (AvgIpc) is 3.14. The molecule has 0 saturated heterocycles. The van der Waals surface area contributed by atoms with Gasteiger partial charge in [0, 0.05) is 41.8 Å². The fourth-order valence-electron chi connectivity index (χ4n) is 2.99. The van der Waals surface area contributed by atoms with Crippen LogP contribution in [0, 0.1) is 10.1 Å². The molecule has 4 rings (SSSR count). The van der Waals surface area contributed by atoms with Gasteiger partial charge in [-0.2, -0.15) is 0 Å². The van der Waals surface area contributed by atoms with Crippen molar-refractivity contribution in [3.63, 3.8) is 0 Å². The first-order valence-corrected chi connectivity index (χ1v) is 10.2. The molecule has 0 unspecified atom stereocenters. The molecule has 0 spiro atoms. The van der Waals surface area contributed by atoms with E-state index in [-0.39, 0.29) is 12.1 Å². The molecule has 10 nitrogen and oxygen atoms in total. The minimum absolute atomic E-state index is 0.0373. The first-order chi connectivity index (χ1) is 15.0. The van der Waals surface area contributed by atoms with Gasteiger partial charge in [-0.3, -0.25) is 24.5 Å². The van der Waals surface area contributed by atoms with Gasteiger partial charge >= 0.3 is 5.69 Å². The van der Waals surface area contributed by atoms with Crippen LogP contribution in [0.4, 0.5) is 5.69 Å². The maximum atomic E-state index is 11.6. The van der Waals surface area contributed by atoms with Crippen molar-refractivity contribution in [1.29, 1.82) is 0 Å². The van der Waals surface area contributed by atoms with Crippen LogP contribution in [0.15, 0.2) is 75.4 Å². The first-order valence-electron chi connectivity index (χ1n) is 9.18. The van der Waals surface area contributed by atoms with Crippen molar-refractivity contribution in [1.82, 2.24) is 24.7 Å². The quantitative estimate of drug-likeness (QED) is 0.258. The molecule has 2 aromatic carbocycles. The molecule has 2 aromatic heterocycles. The van der Waals surface area contributed by atoms with Gasteiger partial charge in [-0.25, -0.2) is 4.79 Å². The van der Waals surface area contributed by atoms with E-state index in [1.807, 2.05) is 34.9 Å². The Labute approximate surface area is 179 Å². The minimum Gasteiger partial charge on any atom is -0.311 e. The monoisotopic (exact) mass is 436 g/mol.